The highest BCUT2D eigenvalue weighted by molar-refractivity contribution is 5.40. The Bertz CT molecular complexity index is 777. The molecule has 0 unspecified atom stereocenters. The molecule has 0 spiro atoms. The van der Waals surface area contributed by atoms with Crippen LogP contribution in [0.2, 0.25) is 0 Å². The summed E-state index contributed by atoms with van der Waals surface area (Å²) >= 11 is 0. The fourth-order valence-electron chi connectivity index (χ4n) is 3.29. The Morgan fingerprint density at radius 1 is 1.07 bits per heavy atom. The van der Waals surface area contributed by atoms with Crippen LogP contribution in [-0.2, 0) is 17.5 Å². The zero-order valence-electron chi connectivity index (χ0n) is 16.8. The minimum atomic E-state index is -4.38. The molecule has 6 nitrogen and oxygen atoms in total. The minimum absolute atomic E-state index is 0.229. The second kappa shape index (κ2) is 10.1. The molecule has 2 heterocycles. The van der Waals surface area contributed by atoms with Crippen LogP contribution in [0.25, 0.3) is 0 Å². The van der Waals surface area contributed by atoms with E-state index >= 15 is 0 Å². The first kappa shape index (κ1) is 22.3. The predicted octanol–water partition coefficient (Wildman–Crippen LogP) is 2.81. The molecule has 2 aromatic rings. The quantitative estimate of drug-likeness (QED) is 0.702. The molecule has 30 heavy (non-hydrogen) atoms. The lowest BCUT2D eigenvalue weighted by Gasteiger charge is -2.36. The number of piperazine rings is 1. The molecule has 0 bridgehead atoms. The highest BCUT2D eigenvalue weighted by Crippen LogP contribution is 2.29. The van der Waals surface area contributed by atoms with Crippen molar-refractivity contribution in [1.82, 2.24) is 9.88 Å². The van der Waals surface area contributed by atoms with E-state index in [1.807, 2.05) is 29.2 Å². The standard InChI is InChI=1S/C21H26F3N3O3/c1-29-19-5-2-16(3-6-19)14-30-15-18(28)13-26-8-10-27(11-9-26)20-7-4-17(12-25-20)21(22,23)24/h2-7,12,18,28H,8-11,13-15H2,1H3/t18-/m0/s1. The van der Waals surface area contributed by atoms with Crippen molar-refractivity contribution in [2.45, 2.75) is 18.9 Å². The molecule has 0 amide bonds. The van der Waals surface area contributed by atoms with Gasteiger partial charge in [-0.3, -0.25) is 4.90 Å². The van der Waals surface area contributed by atoms with Crippen molar-refractivity contribution in [3.05, 3.63) is 53.7 Å². The van der Waals surface area contributed by atoms with Crippen LogP contribution in [0.3, 0.4) is 0 Å². The average molecular weight is 425 g/mol. The molecule has 1 fully saturated rings. The van der Waals surface area contributed by atoms with Gasteiger partial charge in [0.15, 0.2) is 0 Å². The molecule has 164 valence electrons. The smallest absolute Gasteiger partial charge is 0.417 e. The third kappa shape index (κ3) is 6.32. The second-order valence-corrected chi connectivity index (χ2v) is 7.21. The molecule has 1 N–H and O–H groups in total. The van der Waals surface area contributed by atoms with E-state index in [0.29, 0.717) is 45.1 Å². The molecule has 0 radical (unpaired) electrons. The zero-order valence-corrected chi connectivity index (χ0v) is 16.8. The fourth-order valence-corrected chi connectivity index (χ4v) is 3.29. The topological polar surface area (TPSA) is 58.1 Å². The SMILES string of the molecule is COc1ccc(COC[C@@H](O)CN2CCN(c3ccc(C(F)(F)F)cn3)CC2)cc1. The molecule has 1 aromatic heterocycles. The number of rotatable bonds is 8. The van der Waals surface area contributed by atoms with Gasteiger partial charge < -0.3 is 19.5 Å². The Morgan fingerprint density at radius 2 is 1.77 bits per heavy atom. The van der Waals surface area contributed by atoms with Crippen LogP contribution in [-0.4, -0.2) is 67.5 Å². The van der Waals surface area contributed by atoms with Crippen LogP contribution >= 0.6 is 0 Å². The first-order chi connectivity index (χ1) is 14.3. The maximum atomic E-state index is 12.7. The van der Waals surface area contributed by atoms with Crippen LogP contribution in [0.4, 0.5) is 19.0 Å². The largest absolute Gasteiger partial charge is 0.497 e. The van der Waals surface area contributed by atoms with Gasteiger partial charge in [-0.2, -0.15) is 13.2 Å². The number of β-amino-alcohol motifs (C(OH)–C–C–N with tert-alkyl or cyclic N) is 1. The second-order valence-electron chi connectivity index (χ2n) is 7.21. The summed E-state index contributed by atoms with van der Waals surface area (Å²) in [5, 5.41) is 10.2. The van der Waals surface area contributed by atoms with Gasteiger partial charge in [0, 0.05) is 38.9 Å². The summed E-state index contributed by atoms with van der Waals surface area (Å²) in [6.45, 7) is 3.78. The number of anilines is 1. The van der Waals surface area contributed by atoms with E-state index in [4.69, 9.17) is 9.47 Å². The van der Waals surface area contributed by atoms with Crippen LogP contribution < -0.4 is 9.64 Å². The number of aliphatic hydroxyl groups excluding tert-OH is 1. The van der Waals surface area contributed by atoms with E-state index in [1.165, 1.54) is 6.07 Å². The van der Waals surface area contributed by atoms with Crippen molar-refractivity contribution in [3.8, 4) is 5.75 Å². The molecule has 3 rings (SSSR count). The highest BCUT2D eigenvalue weighted by atomic mass is 19.4. The van der Waals surface area contributed by atoms with Crippen molar-refractivity contribution in [2.75, 3.05) is 51.3 Å². The Hall–Kier alpha value is -2.36. The fraction of sp³-hybridized carbons (Fsp3) is 0.476. The van der Waals surface area contributed by atoms with Gasteiger partial charge in [-0.1, -0.05) is 12.1 Å². The number of nitrogens with zero attached hydrogens (tertiary/aromatic N) is 3. The van der Waals surface area contributed by atoms with E-state index in [1.54, 1.807) is 7.11 Å². The number of ether oxygens (including phenoxy) is 2. The Balaban J connectivity index is 1.37. The lowest BCUT2D eigenvalue weighted by atomic mass is 10.2. The molecule has 1 atom stereocenters. The van der Waals surface area contributed by atoms with Gasteiger partial charge in [-0.25, -0.2) is 4.98 Å². The number of benzene rings is 1. The van der Waals surface area contributed by atoms with E-state index in [2.05, 4.69) is 9.88 Å². The molecular formula is C21H26F3N3O3. The monoisotopic (exact) mass is 425 g/mol. The van der Waals surface area contributed by atoms with Crippen LogP contribution in [0.5, 0.6) is 5.75 Å². The van der Waals surface area contributed by atoms with Crippen LogP contribution in [0, 0.1) is 0 Å². The van der Waals surface area contributed by atoms with Gasteiger partial charge in [0.25, 0.3) is 0 Å². The van der Waals surface area contributed by atoms with Crippen molar-refractivity contribution in [3.63, 3.8) is 0 Å². The molecular weight excluding hydrogens is 399 g/mol. The summed E-state index contributed by atoms with van der Waals surface area (Å²) in [6.07, 6.45) is -4.12. The third-order valence-electron chi connectivity index (χ3n) is 4.98. The highest BCUT2D eigenvalue weighted by Gasteiger charge is 2.31. The van der Waals surface area contributed by atoms with Gasteiger partial charge in [0.05, 0.1) is 32.0 Å². The number of alkyl halides is 3. The van der Waals surface area contributed by atoms with Gasteiger partial charge >= 0.3 is 6.18 Å². The lowest BCUT2D eigenvalue weighted by Crippen LogP contribution is -2.49. The maximum absolute atomic E-state index is 12.7. The summed E-state index contributed by atoms with van der Waals surface area (Å²) in [5.41, 5.74) is 0.253. The molecule has 0 saturated carbocycles. The van der Waals surface area contributed by atoms with Crippen molar-refractivity contribution in [1.29, 1.82) is 0 Å². The van der Waals surface area contributed by atoms with Crippen molar-refractivity contribution >= 4 is 5.82 Å². The Labute approximate surface area is 173 Å². The van der Waals surface area contributed by atoms with Crippen LogP contribution in [0.15, 0.2) is 42.6 Å². The summed E-state index contributed by atoms with van der Waals surface area (Å²) in [5.74, 6) is 1.32. The van der Waals surface area contributed by atoms with E-state index in [9.17, 15) is 18.3 Å². The molecule has 1 saturated heterocycles. The average Bonchev–Trinajstić information content (AvgIpc) is 2.74. The zero-order chi connectivity index (χ0) is 21.6. The minimum Gasteiger partial charge on any atom is -0.497 e. The van der Waals surface area contributed by atoms with Gasteiger partial charge in [-0.05, 0) is 29.8 Å². The summed E-state index contributed by atoms with van der Waals surface area (Å²) in [4.78, 5) is 8.01. The lowest BCUT2D eigenvalue weighted by molar-refractivity contribution is -0.137. The Morgan fingerprint density at radius 3 is 2.33 bits per heavy atom. The van der Waals surface area contributed by atoms with Crippen molar-refractivity contribution in [2.24, 2.45) is 0 Å². The van der Waals surface area contributed by atoms with E-state index < -0.39 is 17.8 Å². The molecule has 9 heteroatoms. The van der Waals surface area contributed by atoms with E-state index in [0.717, 1.165) is 23.6 Å². The summed E-state index contributed by atoms with van der Waals surface area (Å²) in [7, 11) is 1.61. The Kier molecular flexibility index (Phi) is 7.52. The molecule has 1 aliphatic heterocycles. The maximum Gasteiger partial charge on any atom is 0.417 e. The number of methoxy groups -OCH3 is 1. The summed E-state index contributed by atoms with van der Waals surface area (Å²) < 4.78 is 48.7. The molecule has 1 aromatic carbocycles. The van der Waals surface area contributed by atoms with Crippen molar-refractivity contribution < 1.29 is 27.8 Å². The number of halogens is 3. The molecule has 1 aliphatic rings. The first-order valence-corrected chi connectivity index (χ1v) is 9.74. The molecule has 0 aliphatic carbocycles. The predicted molar refractivity (Wildman–Crippen MR) is 107 cm³/mol. The van der Waals surface area contributed by atoms with E-state index in [-0.39, 0.29) is 6.61 Å². The van der Waals surface area contributed by atoms with Gasteiger partial charge in [-0.15, -0.1) is 0 Å². The number of aliphatic hydroxyl groups is 1. The number of pyridine rings is 1. The number of hydrogen-bond acceptors (Lipinski definition) is 6. The van der Waals surface area contributed by atoms with Crippen LogP contribution in [0.1, 0.15) is 11.1 Å². The normalized spacial score (nSPS) is 16.5. The third-order valence-corrected chi connectivity index (χ3v) is 4.98. The van der Waals surface area contributed by atoms with Gasteiger partial charge in [0.2, 0.25) is 0 Å². The number of hydrogen-bond donors (Lipinski definition) is 1. The van der Waals surface area contributed by atoms with Gasteiger partial charge in [0.1, 0.15) is 11.6 Å². The number of aromatic nitrogens is 1. The summed E-state index contributed by atoms with van der Waals surface area (Å²) in [6, 6.07) is 10.0. The first-order valence-electron chi connectivity index (χ1n) is 9.74.